The summed E-state index contributed by atoms with van der Waals surface area (Å²) < 4.78 is 18.5. The lowest BCUT2D eigenvalue weighted by atomic mass is 10.1. The monoisotopic (exact) mass is 497 g/mol. The van der Waals surface area contributed by atoms with Crippen molar-refractivity contribution in [2.75, 3.05) is 23.9 Å². The number of nitrogens with zero attached hydrogens (tertiary/aromatic N) is 2. The third-order valence-electron chi connectivity index (χ3n) is 5.68. The standard InChI is InChI=1S/C25H24FN3O3S2/c1-16-11-13-34-22(16)10-12-28-21(15-23(30)27-18-8-6-17(26)7-9-18)24(31)29(25(28)33)19-4-3-5-20(14-19)32-2/h3-9,11,13-14,21H,10,12,15H2,1-2H3,(H,27,30)/t21-/m0/s1. The lowest BCUT2D eigenvalue weighted by Crippen LogP contribution is -2.39. The molecule has 1 aromatic heterocycles. The molecule has 0 saturated carbocycles. The normalized spacial score (nSPS) is 15.7. The van der Waals surface area contributed by atoms with Gasteiger partial charge in [-0.25, -0.2) is 4.39 Å². The van der Waals surface area contributed by atoms with Gasteiger partial charge in [-0.05, 0) is 79.0 Å². The Morgan fingerprint density at radius 2 is 1.97 bits per heavy atom. The van der Waals surface area contributed by atoms with E-state index in [9.17, 15) is 14.0 Å². The van der Waals surface area contributed by atoms with Crippen molar-refractivity contribution in [2.45, 2.75) is 25.8 Å². The molecule has 1 aliphatic rings. The van der Waals surface area contributed by atoms with Crippen LogP contribution in [0.1, 0.15) is 16.9 Å². The Morgan fingerprint density at radius 3 is 2.65 bits per heavy atom. The Morgan fingerprint density at radius 1 is 1.21 bits per heavy atom. The number of ether oxygens (including phenoxy) is 1. The molecule has 2 heterocycles. The van der Waals surface area contributed by atoms with Crippen LogP contribution >= 0.6 is 23.6 Å². The van der Waals surface area contributed by atoms with E-state index in [0.29, 0.717) is 35.2 Å². The van der Waals surface area contributed by atoms with Crippen LogP contribution in [0.25, 0.3) is 0 Å². The minimum atomic E-state index is -0.751. The second-order valence-electron chi connectivity index (χ2n) is 7.90. The summed E-state index contributed by atoms with van der Waals surface area (Å²) >= 11 is 7.38. The summed E-state index contributed by atoms with van der Waals surface area (Å²) in [6.45, 7) is 2.55. The van der Waals surface area contributed by atoms with Crippen LogP contribution in [0.5, 0.6) is 5.75 Å². The number of hydrogen-bond acceptors (Lipinski definition) is 5. The third kappa shape index (κ3) is 5.10. The van der Waals surface area contributed by atoms with Gasteiger partial charge in [-0.3, -0.25) is 14.5 Å². The number of thiocarbonyl (C=S) groups is 1. The van der Waals surface area contributed by atoms with Crippen molar-refractivity contribution in [3.8, 4) is 5.75 Å². The number of amides is 2. The quantitative estimate of drug-likeness (QED) is 0.454. The van der Waals surface area contributed by atoms with Gasteiger partial charge in [0.2, 0.25) is 5.91 Å². The Bertz CT molecular complexity index is 1210. The van der Waals surface area contributed by atoms with Gasteiger partial charge in [-0.15, -0.1) is 11.3 Å². The van der Waals surface area contributed by atoms with E-state index in [2.05, 4.69) is 18.3 Å². The molecule has 34 heavy (non-hydrogen) atoms. The Labute approximate surface area is 206 Å². The van der Waals surface area contributed by atoms with Crippen LogP contribution in [0.4, 0.5) is 15.8 Å². The number of methoxy groups -OCH3 is 1. The van der Waals surface area contributed by atoms with Crippen LogP contribution in [-0.2, 0) is 16.0 Å². The van der Waals surface area contributed by atoms with Crippen LogP contribution in [0.15, 0.2) is 60.0 Å². The summed E-state index contributed by atoms with van der Waals surface area (Å²) in [7, 11) is 1.56. The predicted octanol–water partition coefficient (Wildman–Crippen LogP) is 4.78. The third-order valence-corrected chi connectivity index (χ3v) is 7.18. The second kappa shape index (κ2) is 10.3. The number of anilines is 2. The number of hydrogen-bond donors (Lipinski definition) is 1. The van der Waals surface area contributed by atoms with E-state index < -0.39 is 11.9 Å². The molecule has 9 heteroatoms. The highest BCUT2D eigenvalue weighted by atomic mass is 32.1. The van der Waals surface area contributed by atoms with Gasteiger partial charge in [-0.1, -0.05) is 6.07 Å². The van der Waals surface area contributed by atoms with E-state index >= 15 is 0 Å². The van der Waals surface area contributed by atoms with Crippen molar-refractivity contribution in [1.82, 2.24) is 4.90 Å². The first-order valence-electron chi connectivity index (χ1n) is 10.7. The van der Waals surface area contributed by atoms with E-state index in [1.165, 1.54) is 39.6 Å². The van der Waals surface area contributed by atoms with E-state index in [0.717, 1.165) is 0 Å². The molecular weight excluding hydrogens is 473 g/mol. The number of aryl methyl sites for hydroxylation is 1. The molecule has 2 aromatic carbocycles. The number of nitrogens with one attached hydrogen (secondary N) is 1. The summed E-state index contributed by atoms with van der Waals surface area (Å²) in [6, 6.07) is 13.9. The molecule has 1 saturated heterocycles. The van der Waals surface area contributed by atoms with Crippen molar-refractivity contribution >= 4 is 51.9 Å². The van der Waals surface area contributed by atoms with Crippen LogP contribution in [0.2, 0.25) is 0 Å². The molecule has 4 rings (SSSR count). The molecule has 1 aliphatic heterocycles. The van der Waals surface area contributed by atoms with Crippen LogP contribution < -0.4 is 15.0 Å². The van der Waals surface area contributed by atoms with Crippen molar-refractivity contribution in [3.05, 3.63) is 76.2 Å². The molecule has 0 spiro atoms. The van der Waals surface area contributed by atoms with Gasteiger partial charge in [-0.2, -0.15) is 0 Å². The number of rotatable bonds is 8. The molecule has 176 valence electrons. The summed E-state index contributed by atoms with van der Waals surface area (Å²) in [6.07, 6.45) is 0.624. The Balaban J connectivity index is 1.57. The molecule has 1 atom stereocenters. The fourth-order valence-corrected chi connectivity index (χ4v) is 5.19. The highest BCUT2D eigenvalue weighted by molar-refractivity contribution is 7.80. The molecule has 0 bridgehead atoms. The van der Waals surface area contributed by atoms with Crippen molar-refractivity contribution in [1.29, 1.82) is 0 Å². The molecule has 0 radical (unpaired) electrons. The van der Waals surface area contributed by atoms with E-state index in [4.69, 9.17) is 17.0 Å². The van der Waals surface area contributed by atoms with E-state index in [1.807, 2.05) is 10.3 Å². The van der Waals surface area contributed by atoms with Gasteiger partial charge in [0, 0.05) is 23.2 Å². The highest BCUT2D eigenvalue weighted by Gasteiger charge is 2.44. The predicted molar refractivity (Wildman–Crippen MR) is 136 cm³/mol. The van der Waals surface area contributed by atoms with Gasteiger partial charge in [0.15, 0.2) is 5.11 Å². The van der Waals surface area contributed by atoms with E-state index in [1.54, 1.807) is 42.7 Å². The summed E-state index contributed by atoms with van der Waals surface area (Å²) in [4.78, 5) is 30.8. The highest BCUT2D eigenvalue weighted by Crippen LogP contribution is 2.30. The zero-order valence-electron chi connectivity index (χ0n) is 18.8. The zero-order valence-corrected chi connectivity index (χ0v) is 20.4. The smallest absolute Gasteiger partial charge is 0.256 e. The number of carbonyl (C=O) groups is 2. The van der Waals surface area contributed by atoms with Gasteiger partial charge in [0.1, 0.15) is 17.6 Å². The Hall–Kier alpha value is -3.30. The lowest BCUT2D eigenvalue weighted by Gasteiger charge is -2.24. The summed E-state index contributed by atoms with van der Waals surface area (Å²) in [5, 5.41) is 5.13. The summed E-state index contributed by atoms with van der Waals surface area (Å²) in [5.41, 5.74) is 2.25. The average molecular weight is 498 g/mol. The topological polar surface area (TPSA) is 61.9 Å². The first kappa shape index (κ1) is 23.8. The molecule has 0 aliphatic carbocycles. The molecule has 6 nitrogen and oxygen atoms in total. The maximum Gasteiger partial charge on any atom is 0.256 e. The van der Waals surface area contributed by atoms with Gasteiger partial charge >= 0.3 is 0 Å². The first-order chi connectivity index (χ1) is 16.4. The fraction of sp³-hybridized carbons (Fsp3) is 0.240. The number of thiophene rings is 1. The molecule has 2 amide bonds. The molecule has 0 unspecified atom stereocenters. The fourth-order valence-electron chi connectivity index (χ4n) is 3.88. The van der Waals surface area contributed by atoms with Gasteiger partial charge in [0.05, 0.1) is 19.2 Å². The van der Waals surface area contributed by atoms with Gasteiger partial charge < -0.3 is 15.0 Å². The molecular formula is C25H24FN3O3S2. The van der Waals surface area contributed by atoms with Gasteiger partial charge in [0.25, 0.3) is 5.91 Å². The van der Waals surface area contributed by atoms with Crippen LogP contribution in [0, 0.1) is 12.7 Å². The van der Waals surface area contributed by atoms with Crippen molar-refractivity contribution in [3.63, 3.8) is 0 Å². The zero-order chi connectivity index (χ0) is 24.2. The average Bonchev–Trinajstić information content (AvgIpc) is 3.34. The maximum absolute atomic E-state index is 13.5. The van der Waals surface area contributed by atoms with Crippen LogP contribution in [0.3, 0.4) is 0 Å². The van der Waals surface area contributed by atoms with E-state index in [-0.39, 0.29) is 18.2 Å². The second-order valence-corrected chi connectivity index (χ2v) is 9.27. The van der Waals surface area contributed by atoms with Crippen LogP contribution in [-0.4, -0.2) is 41.5 Å². The molecule has 1 N–H and O–H groups in total. The minimum Gasteiger partial charge on any atom is -0.497 e. The Kier molecular flexibility index (Phi) is 7.23. The lowest BCUT2D eigenvalue weighted by molar-refractivity contribution is -0.124. The number of benzene rings is 2. The van der Waals surface area contributed by atoms with Crippen molar-refractivity contribution < 1.29 is 18.7 Å². The number of halogens is 1. The number of carbonyl (C=O) groups excluding carboxylic acids is 2. The summed E-state index contributed by atoms with van der Waals surface area (Å²) in [5.74, 6) is -0.405. The molecule has 1 fully saturated rings. The first-order valence-corrected chi connectivity index (χ1v) is 12.0. The molecule has 3 aromatic rings. The van der Waals surface area contributed by atoms with Crippen molar-refractivity contribution in [2.24, 2.45) is 0 Å². The largest absolute Gasteiger partial charge is 0.497 e. The minimum absolute atomic E-state index is 0.0831. The SMILES string of the molecule is COc1cccc(N2C(=O)[C@H](CC(=O)Nc3ccc(F)cc3)N(CCc3sccc3C)C2=S)c1. The maximum atomic E-state index is 13.5.